The summed E-state index contributed by atoms with van der Waals surface area (Å²) in [6.45, 7) is 6.89. The Balaban J connectivity index is 2.26. The largest absolute Gasteiger partial charge is 0.478 e. The molecule has 0 spiro atoms. The van der Waals surface area contributed by atoms with Crippen molar-refractivity contribution in [3.05, 3.63) is 22.8 Å². The van der Waals surface area contributed by atoms with Gasteiger partial charge in [-0.3, -0.25) is 4.90 Å². The highest BCUT2D eigenvalue weighted by Gasteiger charge is 2.32. The number of carboxylic acids is 1. The summed E-state index contributed by atoms with van der Waals surface area (Å²) < 4.78 is 0. The van der Waals surface area contributed by atoms with E-state index in [0.29, 0.717) is 10.8 Å². The van der Waals surface area contributed by atoms with Crippen molar-refractivity contribution in [2.24, 2.45) is 0 Å². The fraction of sp³-hybridized carbons (Fsp3) is 0.538. The van der Waals surface area contributed by atoms with Gasteiger partial charge in [-0.2, -0.15) is 0 Å². The van der Waals surface area contributed by atoms with Crippen molar-refractivity contribution in [2.75, 3.05) is 31.6 Å². The van der Waals surface area contributed by atoms with Gasteiger partial charge >= 0.3 is 5.97 Å². The van der Waals surface area contributed by atoms with Crippen molar-refractivity contribution in [1.82, 2.24) is 9.88 Å². The Kier molecular flexibility index (Phi) is 3.69. The third kappa shape index (κ3) is 2.82. The lowest BCUT2D eigenvalue weighted by Crippen LogP contribution is -2.58. The highest BCUT2D eigenvalue weighted by molar-refractivity contribution is 6.33. The average Bonchev–Trinajstić information content (AvgIpc) is 2.32. The topological polar surface area (TPSA) is 56.7 Å². The lowest BCUT2D eigenvalue weighted by molar-refractivity contribution is 0.0696. The number of piperazine rings is 1. The number of halogens is 1. The molecule has 0 unspecified atom stereocenters. The van der Waals surface area contributed by atoms with E-state index in [1.54, 1.807) is 0 Å². The number of anilines is 1. The molecule has 1 aromatic heterocycles. The van der Waals surface area contributed by atoms with Crippen LogP contribution in [0.4, 0.5) is 5.82 Å². The number of nitrogens with zero attached hydrogens (tertiary/aromatic N) is 3. The van der Waals surface area contributed by atoms with E-state index in [-0.39, 0.29) is 11.1 Å². The molecule has 104 valence electrons. The minimum atomic E-state index is -1.01. The number of rotatable bonds is 2. The monoisotopic (exact) mass is 283 g/mol. The molecule has 0 saturated carbocycles. The first-order valence-electron chi connectivity index (χ1n) is 6.16. The van der Waals surface area contributed by atoms with E-state index in [0.717, 1.165) is 19.6 Å². The summed E-state index contributed by atoms with van der Waals surface area (Å²) in [5, 5.41) is 9.30. The lowest BCUT2D eigenvalue weighted by atomic mass is 10.00. The van der Waals surface area contributed by atoms with E-state index in [1.807, 2.05) is 0 Å². The lowest BCUT2D eigenvalue weighted by Gasteiger charge is -2.45. The van der Waals surface area contributed by atoms with E-state index in [4.69, 9.17) is 16.7 Å². The first-order chi connectivity index (χ1) is 8.81. The average molecular weight is 284 g/mol. The van der Waals surface area contributed by atoms with Gasteiger partial charge in [-0.25, -0.2) is 9.78 Å². The van der Waals surface area contributed by atoms with Crippen LogP contribution >= 0.6 is 11.6 Å². The maximum Gasteiger partial charge on any atom is 0.337 e. The molecule has 0 radical (unpaired) electrons. The zero-order valence-electron chi connectivity index (χ0n) is 11.4. The van der Waals surface area contributed by atoms with Crippen LogP contribution in [-0.2, 0) is 0 Å². The number of likely N-dealkylation sites (N-methyl/N-ethyl adjacent to an activating group) is 1. The summed E-state index contributed by atoms with van der Waals surface area (Å²) >= 11 is 6.16. The molecule has 1 aromatic rings. The van der Waals surface area contributed by atoms with Crippen LogP contribution in [0.25, 0.3) is 0 Å². The zero-order chi connectivity index (χ0) is 14.2. The van der Waals surface area contributed by atoms with Gasteiger partial charge in [0, 0.05) is 31.4 Å². The predicted molar refractivity (Wildman–Crippen MR) is 75.1 cm³/mol. The summed E-state index contributed by atoms with van der Waals surface area (Å²) in [7, 11) is 2.10. The van der Waals surface area contributed by atoms with E-state index in [1.165, 1.54) is 12.3 Å². The highest BCUT2D eigenvalue weighted by atomic mass is 35.5. The van der Waals surface area contributed by atoms with Crippen molar-refractivity contribution >= 4 is 23.4 Å². The van der Waals surface area contributed by atoms with Crippen LogP contribution in [0.5, 0.6) is 0 Å². The van der Waals surface area contributed by atoms with E-state index >= 15 is 0 Å². The minimum absolute atomic E-state index is 0.0364. The molecular formula is C13H18ClN3O2. The van der Waals surface area contributed by atoms with Crippen LogP contribution in [0.15, 0.2) is 12.3 Å². The number of hydrogen-bond donors (Lipinski definition) is 1. The second kappa shape index (κ2) is 4.98. The van der Waals surface area contributed by atoms with Gasteiger partial charge in [-0.05, 0) is 27.0 Å². The van der Waals surface area contributed by atoms with Gasteiger partial charge in [0.25, 0.3) is 0 Å². The van der Waals surface area contributed by atoms with Crippen LogP contribution in [0.1, 0.15) is 24.2 Å². The van der Waals surface area contributed by atoms with Crippen molar-refractivity contribution in [3.63, 3.8) is 0 Å². The Labute approximate surface area is 117 Å². The van der Waals surface area contributed by atoms with E-state index in [9.17, 15) is 4.79 Å². The molecule has 0 atom stereocenters. The molecule has 19 heavy (non-hydrogen) atoms. The third-order valence-electron chi connectivity index (χ3n) is 3.68. The Morgan fingerprint density at radius 2 is 2.16 bits per heavy atom. The van der Waals surface area contributed by atoms with Gasteiger partial charge in [0.15, 0.2) is 0 Å². The van der Waals surface area contributed by atoms with Crippen LogP contribution in [0.2, 0.25) is 5.02 Å². The van der Waals surface area contributed by atoms with Gasteiger partial charge in [-0.15, -0.1) is 0 Å². The van der Waals surface area contributed by atoms with Gasteiger partial charge < -0.3 is 10.0 Å². The van der Waals surface area contributed by atoms with Crippen LogP contribution < -0.4 is 4.90 Å². The SMILES string of the molecule is CN1CCN(c2ncc(C(=O)O)cc2Cl)CC1(C)C. The van der Waals surface area contributed by atoms with Gasteiger partial charge in [0.1, 0.15) is 5.82 Å². The molecule has 2 heterocycles. The second-order valence-corrected chi connectivity index (χ2v) is 5.90. The molecule has 0 aromatic carbocycles. The summed E-state index contributed by atoms with van der Waals surface area (Å²) in [5.41, 5.74) is 0.150. The first kappa shape index (κ1) is 14.1. The summed E-state index contributed by atoms with van der Waals surface area (Å²) in [4.78, 5) is 19.5. The molecule has 2 rings (SSSR count). The fourth-order valence-corrected chi connectivity index (χ4v) is 2.49. The first-order valence-corrected chi connectivity index (χ1v) is 6.54. The molecule has 0 aliphatic carbocycles. The molecule has 1 N–H and O–H groups in total. The Bertz CT molecular complexity index is 505. The second-order valence-electron chi connectivity index (χ2n) is 5.49. The summed E-state index contributed by atoms with van der Waals surface area (Å²) in [6.07, 6.45) is 1.36. The number of aromatic carboxylic acids is 1. The number of pyridine rings is 1. The Morgan fingerprint density at radius 3 is 2.68 bits per heavy atom. The van der Waals surface area contributed by atoms with Crippen molar-refractivity contribution in [1.29, 1.82) is 0 Å². The standard InChI is InChI=1S/C13H18ClN3O2/c1-13(2)8-17(5-4-16(13)3)11-10(14)6-9(7-15-11)12(18)19/h6-7H,4-5,8H2,1-3H3,(H,18,19). The number of carbonyl (C=O) groups is 1. The van der Waals surface area contributed by atoms with Crippen molar-refractivity contribution in [2.45, 2.75) is 19.4 Å². The Morgan fingerprint density at radius 1 is 1.47 bits per heavy atom. The van der Waals surface area contributed by atoms with E-state index < -0.39 is 5.97 Å². The van der Waals surface area contributed by atoms with Gasteiger partial charge in [-0.1, -0.05) is 11.6 Å². The predicted octanol–water partition coefficient (Wildman–Crippen LogP) is 1.96. The normalized spacial score (nSPS) is 19.5. The molecule has 0 bridgehead atoms. The van der Waals surface area contributed by atoms with Crippen molar-refractivity contribution in [3.8, 4) is 0 Å². The summed E-state index contributed by atoms with van der Waals surface area (Å²) in [5.74, 6) is -0.354. The summed E-state index contributed by atoms with van der Waals surface area (Å²) in [6, 6.07) is 1.46. The molecule has 6 heteroatoms. The molecule has 1 aliphatic heterocycles. The molecular weight excluding hydrogens is 266 g/mol. The zero-order valence-corrected chi connectivity index (χ0v) is 12.1. The van der Waals surface area contributed by atoms with Crippen LogP contribution in [-0.4, -0.2) is 53.2 Å². The molecule has 1 fully saturated rings. The van der Waals surface area contributed by atoms with Gasteiger partial charge in [0.05, 0.1) is 10.6 Å². The van der Waals surface area contributed by atoms with E-state index in [2.05, 4.69) is 35.7 Å². The maximum atomic E-state index is 10.9. The minimum Gasteiger partial charge on any atom is -0.478 e. The molecule has 1 saturated heterocycles. The fourth-order valence-electron chi connectivity index (χ4n) is 2.20. The van der Waals surface area contributed by atoms with Crippen LogP contribution in [0, 0.1) is 0 Å². The Hall–Kier alpha value is -1.33. The van der Waals surface area contributed by atoms with Crippen molar-refractivity contribution < 1.29 is 9.90 Å². The smallest absolute Gasteiger partial charge is 0.337 e. The quantitative estimate of drug-likeness (QED) is 0.899. The number of carboxylic acid groups (broad SMARTS) is 1. The maximum absolute atomic E-state index is 10.9. The van der Waals surface area contributed by atoms with Gasteiger partial charge in [0.2, 0.25) is 0 Å². The highest BCUT2D eigenvalue weighted by Crippen LogP contribution is 2.28. The molecule has 1 aliphatic rings. The molecule has 5 nitrogen and oxygen atoms in total. The van der Waals surface area contributed by atoms with Crippen LogP contribution in [0.3, 0.4) is 0 Å². The third-order valence-corrected chi connectivity index (χ3v) is 3.96. The number of aromatic nitrogens is 1. The molecule has 0 amide bonds. The number of hydrogen-bond acceptors (Lipinski definition) is 4.